The molecule has 0 saturated heterocycles. The van der Waals surface area contributed by atoms with Crippen LogP contribution in [0.3, 0.4) is 0 Å². The third-order valence-electron chi connectivity index (χ3n) is 12.9. The van der Waals surface area contributed by atoms with Gasteiger partial charge in [0.25, 0.3) is 0 Å². The smallest absolute Gasteiger partial charge is 0.0726 e. The largest absolute Gasteiger partial charge is 0.308 e. The Labute approximate surface area is 352 Å². The minimum Gasteiger partial charge on any atom is -0.308 e. The summed E-state index contributed by atoms with van der Waals surface area (Å²) in [5, 5.41) is 15.8. The summed E-state index contributed by atoms with van der Waals surface area (Å²) in [5.74, 6) is 0. The normalized spacial score (nSPS) is 12.3. The molecule has 0 atom stereocenters. The number of thiophene rings is 2. The molecule has 0 saturated carbocycles. The molecule has 14 aromatic rings. The minimum atomic E-state index is 1.17. The molecule has 0 unspecified atom stereocenters. The van der Waals surface area contributed by atoms with Crippen molar-refractivity contribution in [3.05, 3.63) is 194 Å². The molecule has 14 rings (SSSR count). The summed E-state index contributed by atoms with van der Waals surface area (Å²) in [4.78, 5) is 0. The van der Waals surface area contributed by atoms with Crippen LogP contribution in [0.15, 0.2) is 194 Å². The fraction of sp³-hybridized carbons (Fsp3) is 0. The molecule has 0 amide bonds. The fourth-order valence-corrected chi connectivity index (χ4v) is 12.9. The molecule has 4 heterocycles. The number of hydrogen-bond donors (Lipinski definition) is 0. The van der Waals surface area contributed by atoms with Gasteiger partial charge in [-0.2, -0.15) is 0 Å². The highest BCUT2D eigenvalue weighted by Crippen LogP contribution is 2.49. The fourth-order valence-electron chi connectivity index (χ4n) is 10.4. The second kappa shape index (κ2) is 12.2. The molecule has 60 heavy (non-hydrogen) atoms. The van der Waals surface area contributed by atoms with Crippen molar-refractivity contribution in [3.8, 4) is 22.5 Å². The van der Waals surface area contributed by atoms with Crippen LogP contribution >= 0.6 is 22.7 Å². The third kappa shape index (κ3) is 4.31. The first-order valence-corrected chi connectivity index (χ1v) is 22.1. The van der Waals surface area contributed by atoms with Gasteiger partial charge in [-0.05, 0) is 81.2 Å². The number of rotatable bonds is 3. The Morgan fingerprint density at radius 1 is 0.267 bits per heavy atom. The van der Waals surface area contributed by atoms with Crippen LogP contribution < -0.4 is 0 Å². The van der Waals surface area contributed by atoms with E-state index >= 15 is 0 Å². The quantitative estimate of drug-likeness (QED) is 0.169. The average molecular weight is 797 g/mol. The van der Waals surface area contributed by atoms with Gasteiger partial charge < -0.3 is 9.13 Å². The highest BCUT2D eigenvalue weighted by Gasteiger charge is 2.23. The van der Waals surface area contributed by atoms with E-state index < -0.39 is 0 Å². The van der Waals surface area contributed by atoms with Crippen molar-refractivity contribution in [1.29, 1.82) is 0 Å². The lowest BCUT2D eigenvalue weighted by atomic mass is 9.99. The standard InChI is InChI=1S/C56H32N2S2/c1-3-15-39-37(13-1)49-41-17-5-9-21-45(41)57(53(49)55-51(39)43-19-7-11-23-47(43)59-55)35-29-25-33(26-30-35)34-27-31-36(32-28-34)58-46-22-10-6-18-42(46)50-38-14-2-4-16-40(38)52-44-20-8-12-24-48(44)60-56(52)54(50)58/h1-32H. The summed E-state index contributed by atoms with van der Waals surface area (Å²) in [6.45, 7) is 0. The van der Waals surface area contributed by atoms with E-state index in [0.717, 1.165) is 0 Å². The zero-order valence-electron chi connectivity index (χ0n) is 32.2. The van der Waals surface area contributed by atoms with Crippen LogP contribution in [0.2, 0.25) is 0 Å². The highest BCUT2D eigenvalue weighted by molar-refractivity contribution is 7.27. The van der Waals surface area contributed by atoms with Crippen LogP contribution in [-0.2, 0) is 0 Å². The zero-order chi connectivity index (χ0) is 39.1. The van der Waals surface area contributed by atoms with Crippen LogP contribution in [0.5, 0.6) is 0 Å². The molecule has 0 aliphatic carbocycles. The molecule has 0 spiro atoms. The first-order chi connectivity index (χ1) is 29.8. The maximum absolute atomic E-state index is 2.50. The number of fused-ring (bicyclic) bond motifs is 20. The van der Waals surface area contributed by atoms with Gasteiger partial charge in [-0.3, -0.25) is 0 Å². The highest BCUT2D eigenvalue weighted by atomic mass is 32.1. The van der Waals surface area contributed by atoms with Crippen LogP contribution in [0.25, 0.3) is 128 Å². The minimum absolute atomic E-state index is 1.17. The van der Waals surface area contributed by atoms with Gasteiger partial charge in [-0.15, -0.1) is 22.7 Å². The van der Waals surface area contributed by atoms with Crippen molar-refractivity contribution in [2.24, 2.45) is 0 Å². The molecule has 0 bridgehead atoms. The molecule has 4 aromatic heterocycles. The topological polar surface area (TPSA) is 9.86 Å². The molecular weight excluding hydrogens is 765 g/mol. The van der Waals surface area contributed by atoms with Gasteiger partial charge in [-0.25, -0.2) is 0 Å². The molecule has 10 aromatic carbocycles. The van der Waals surface area contributed by atoms with Crippen LogP contribution in [-0.4, -0.2) is 9.13 Å². The molecule has 2 nitrogen and oxygen atoms in total. The van der Waals surface area contributed by atoms with Crippen molar-refractivity contribution in [3.63, 3.8) is 0 Å². The van der Waals surface area contributed by atoms with Crippen molar-refractivity contribution in [2.75, 3.05) is 0 Å². The first-order valence-electron chi connectivity index (χ1n) is 20.5. The number of para-hydroxylation sites is 2. The lowest BCUT2D eigenvalue weighted by Gasteiger charge is -2.12. The number of benzene rings is 10. The molecule has 0 fully saturated rings. The Hall–Kier alpha value is -7.24. The molecular formula is C56H32N2S2. The molecule has 0 aliphatic rings. The Balaban J connectivity index is 0.946. The molecule has 278 valence electrons. The van der Waals surface area contributed by atoms with E-state index in [1.807, 2.05) is 22.7 Å². The Morgan fingerprint density at radius 3 is 0.983 bits per heavy atom. The van der Waals surface area contributed by atoms with E-state index in [1.54, 1.807) is 0 Å². The van der Waals surface area contributed by atoms with Crippen molar-refractivity contribution in [1.82, 2.24) is 9.13 Å². The van der Waals surface area contributed by atoms with Crippen LogP contribution in [0, 0.1) is 0 Å². The van der Waals surface area contributed by atoms with E-state index in [2.05, 4.69) is 203 Å². The summed E-state index contributed by atoms with van der Waals surface area (Å²) in [6, 6.07) is 71.9. The maximum Gasteiger partial charge on any atom is 0.0726 e. The van der Waals surface area contributed by atoms with Gasteiger partial charge in [0, 0.05) is 63.9 Å². The van der Waals surface area contributed by atoms with Crippen LogP contribution in [0.4, 0.5) is 0 Å². The van der Waals surface area contributed by atoms with Crippen molar-refractivity contribution < 1.29 is 0 Å². The van der Waals surface area contributed by atoms with Gasteiger partial charge >= 0.3 is 0 Å². The first kappa shape index (κ1) is 32.7. The summed E-state index contributed by atoms with van der Waals surface area (Å²) >= 11 is 3.82. The Morgan fingerprint density at radius 2 is 0.583 bits per heavy atom. The lowest BCUT2D eigenvalue weighted by molar-refractivity contribution is 1.18. The number of nitrogens with zero attached hydrogens (tertiary/aromatic N) is 2. The van der Waals surface area contributed by atoms with Gasteiger partial charge in [0.15, 0.2) is 0 Å². The second-order valence-corrected chi connectivity index (χ2v) is 18.0. The summed E-state index contributed by atoms with van der Waals surface area (Å²) < 4.78 is 10.3. The van der Waals surface area contributed by atoms with E-state index in [1.165, 1.54) is 128 Å². The third-order valence-corrected chi connectivity index (χ3v) is 15.2. The van der Waals surface area contributed by atoms with E-state index in [4.69, 9.17) is 0 Å². The van der Waals surface area contributed by atoms with Crippen molar-refractivity contribution >= 4 is 128 Å². The summed E-state index contributed by atoms with van der Waals surface area (Å²) in [5.41, 5.74) is 9.76. The van der Waals surface area contributed by atoms with Gasteiger partial charge in [0.2, 0.25) is 0 Å². The lowest BCUT2D eigenvalue weighted by Crippen LogP contribution is -1.95. The Kier molecular flexibility index (Phi) is 6.62. The zero-order valence-corrected chi connectivity index (χ0v) is 33.8. The van der Waals surface area contributed by atoms with E-state index in [-0.39, 0.29) is 0 Å². The molecule has 0 aliphatic heterocycles. The van der Waals surface area contributed by atoms with E-state index in [0.29, 0.717) is 0 Å². The van der Waals surface area contributed by atoms with Gasteiger partial charge in [-0.1, -0.05) is 146 Å². The second-order valence-electron chi connectivity index (χ2n) is 15.9. The van der Waals surface area contributed by atoms with Gasteiger partial charge in [0.1, 0.15) is 0 Å². The Bertz CT molecular complexity index is 3830. The monoisotopic (exact) mass is 796 g/mol. The summed E-state index contributed by atoms with van der Waals surface area (Å²) in [6.07, 6.45) is 0. The average Bonchev–Trinajstić information content (AvgIpc) is 4.08. The number of aromatic nitrogens is 2. The van der Waals surface area contributed by atoms with Crippen molar-refractivity contribution in [2.45, 2.75) is 0 Å². The maximum atomic E-state index is 2.50. The van der Waals surface area contributed by atoms with E-state index in [9.17, 15) is 0 Å². The summed E-state index contributed by atoms with van der Waals surface area (Å²) in [7, 11) is 0. The number of hydrogen-bond acceptors (Lipinski definition) is 2. The van der Waals surface area contributed by atoms with Gasteiger partial charge in [0.05, 0.1) is 31.5 Å². The van der Waals surface area contributed by atoms with Crippen LogP contribution in [0.1, 0.15) is 0 Å². The molecule has 0 N–H and O–H groups in total. The SMILES string of the molecule is c1ccc2c(c1)sc1c2c2ccccc2c2c3ccccc3n(-c3ccc(-c4ccc(-n5c6ccccc6c6c7ccccc7c7c8ccccc8sc7c65)cc4)cc3)c12. The molecule has 0 radical (unpaired) electrons. The predicted octanol–water partition coefficient (Wildman–Crippen LogP) is 16.6. The predicted molar refractivity (Wildman–Crippen MR) is 261 cm³/mol. The molecule has 4 heteroatoms.